The first-order valence-corrected chi connectivity index (χ1v) is 15.0. The molecule has 1 aliphatic rings. The van der Waals surface area contributed by atoms with Gasteiger partial charge in [-0.25, -0.2) is 9.69 Å². The number of nitrogens with one attached hydrogen (secondary N) is 1. The highest BCUT2D eigenvalue weighted by Gasteiger charge is 2.37. The summed E-state index contributed by atoms with van der Waals surface area (Å²) in [4.78, 5) is 39.8. The van der Waals surface area contributed by atoms with Gasteiger partial charge in [0.1, 0.15) is 24.5 Å². The average molecular weight is 696 g/mol. The lowest BCUT2D eigenvalue weighted by atomic mass is 10.1. The van der Waals surface area contributed by atoms with Crippen LogP contribution in [0.5, 0.6) is 17.2 Å². The molecule has 0 aromatic heterocycles. The van der Waals surface area contributed by atoms with Gasteiger partial charge < -0.3 is 14.2 Å². The van der Waals surface area contributed by atoms with E-state index in [1.54, 1.807) is 48.5 Å². The van der Waals surface area contributed by atoms with E-state index in [9.17, 15) is 14.4 Å². The number of nitrogens with zero attached hydrogens (tertiary/aromatic N) is 1. The molecule has 0 bridgehead atoms. The summed E-state index contributed by atoms with van der Waals surface area (Å²) in [6.45, 7) is 2.69. The summed E-state index contributed by atoms with van der Waals surface area (Å²) in [6, 6.07) is 23.6. The van der Waals surface area contributed by atoms with Gasteiger partial charge in [0.2, 0.25) is 0 Å². The molecule has 4 amide bonds. The maximum Gasteiger partial charge on any atom is 0.335 e. The molecule has 1 saturated heterocycles. The maximum atomic E-state index is 13.5. The van der Waals surface area contributed by atoms with Crippen molar-refractivity contribution >= 4 is 68.7 Å². The molecule has 0 unspecified atom stereocenters. The number of carbonyl (C=O) groups excluding carboxylic acids is 3. The molecule has 0 saturated carbocycles. The molecule has 1 fully saturated rings. The zero-order valence-corrected chi connectivity index (χ0v) is 26.4. The van der Waals surface area contributed by atoms with Crippen molar-refractivity contribution in [3.8, 4) is 17.2 Å². The number of urea groups is 1. The average Bonchev–Trinajstić information content (AvgIpc) is 3.00. The Kier molecular flexibility index (Phi) is 9.89. The van der Waals surface area contributed by atoms with Gasteiger partial charge in [0.05, 0.1) is 17.3 Å². The number of halogens is 3. The fourth-order valence-corrected chi connectivity index (χ4v) is 4.97. The van der Waals surface area contributed by atoms with Crippen LogP contribution in [0.1, 0.15) is 23.6 Å². The van der Waals surface area contributed by atoms with Crippen LogP contribution in [0.15, 0.2) is 95.0 Å². The SMILES string of the molecule is CCOc1cc(/C=C2\C(=O)NC(=O)N(c3ccc(OCc4ccc(Cl)cc4)cc3)C2=O)cc(Cl)c1OCc1ccc(Br)cc1. The van der Waals surface area contributed by atoms with Crippen LogP contribution in [0.2, 0.25) is 10.0 Å². The van der Waals surface area contributed by atoms with Crippen LogP contribution in [-0.2, 0) is 22.8 Å². The minimum absolute atomic E-state index is 0.227. The Morgan fingerprint density at radius 1 is 0.818 bits per heavy atom. The van der Waals surface area contributed by atoms with Gasteiger partial charge in [0, 0.05) is 9.50 Å². The quantitative estimate of drug-likeness (QED) is 0.134. The fourth-order valence-electron chi connectivity index (χ4n) is 4.31. The van der Waals surface area contributed by atoms with E-state index >= 15 is 0 Å². The summed E-state index contributed by atoms with van der Waals surface area (Å²) in [7, 11) is 0. The fraction of sp³-hybridized carbons (Fsp3) is 0.121. The summed E-state index contributed by atoms with van der Waals surface area (Å²) < 4.78 is 18.5. The zero-order chi connectivity index (χ0) is 31.2. The van der Waals surface area contributed by atoms with Crippen LogP contribution in [0.25, 0.3) is 6.08 Å². The highest BCUT2D eigenvalue weighted by molar-refractivity contribution is 9.10. The largest absolute Gasteiger partial charge is 0.490 e. The molecule has 1 heterocycles. The molecule has 224 valence electrons. The molecule has 0 atom stereocenters. The number of hydrogen-bond donors (Lipinski definition) is 1. The first-order chi connectivity index (χ1) is 21.2. The van der Waals surface area contributed by atoms with Gasteiger partial charge in [-0.3, -0.25) is 14.9 Å². The van der Waals surface area contributed by atoms with Crippen molar-refractivity contribution in [2.45, 2.75) is 20.1 Å². The second-order valence-corrected chi connectivity index (χ2v) is 11.3. The van der Waals surface area contributed by atoms with Crippen molar-refractivity contribution < 1.29 is 28.6 Å². The summed E-state index contributed by atoms with van der Waals surface area (Å²) in [5, 5.41) is 3.09. The second-order valence-electron chi connectivity index (χ2n) is 9.55. The van der Waals surface area contributed by atoms with Gasteiger partial charge >= 0.3 is 6.03 Å². The van der Waals surface area contributed by atoms with Crippen molar-refractivity contribution in [3.63, 3.8) is 0 Å². The number of carbonyl (C=O) groups is 3. The van der Waals surface area contributed by atoms with Gasteiger partial charge in [-0.1, -0.05) is 63.4 Å². The lowest BCUT2D eigenvalue weighted by Gasteiger charge is -2.26. The smallest absolute Gasteiger partial charge is 0.335 e. The molecule has 11 heteroatoms. The first kappa shape index (κ1) is 31.1. The van der Waals surface area contributed by atoms with Gasteiger partial charge in [-0.15, -0.1) is 0 Å². The Bertz CT molecular complexity index is 1730. The molecule has 5 rings (SSSR count). The van der Waals surface area contributed by atoms with Gasteiger partial charge in [-0.05, 0) is 90.4 Å². The van der Waals surface area contributed by atoms with E-state index in [0.29, 0.717) is 41.0 Å². The minimum atomic E-state index is -0.864. The van der Waals surface area contributed by atoms with Crippen LogP contribution < -0.4 is 24.4 Å². The molecule has 4 aromatic carbocycles. The van der Waals surface area contributed by atoms with Gasteiger partial charge in [0.25, 0.3) is 11.8 Å². The van der Waals surface area contributed by atoms with E-state index in [0.717, 1.165) is 20.5 Å². The van der Waals surface area contributed by atoms with E-state index in [1.807, 2.05) is 43.3 Å². The second kappa shape index (κ2) is 14.0. The number of anilines is 1. The molecular formula is C33H25BrCl2N2O6. The number of ether oxygens (including phenoxy) is 3. The summed E-state index contributed by atoms with van der Waals surface area (Å²) in [5.74, 6) is -0.425. The monoisotopic (exact) mass is 694 g/mol. The minimum Gasteiger partial charge on any atom is -0.490 e. The molecule has 4 aromatic rings. The Labute approximate surface area is 272 Å². The Balaban J connectivity index is 1.35. The van der Waals surface area contributed by atoms with E-state index in [2.05, 4.69) is 21.2 Å². The highest BCUT2D eigenvalue weighted by Crippen LogP contribution is 2.38. The third-order valence-corrected chi connectivity index (χ3v) is 7.52. The number of imide groups is 2. The van der Waals surface area contributed by atoms with Crippen LogP contribution in [0, 0.1) is 0 Å². The summed E-state index contributed by atoms with van der Waals surface area (Å²) >= 11 is 15.9. The van der Waals surface area contributed by atoms with E-state index in [4.69, 9.17) is 37.4 Å². The standard InChI is InChI=1S/C33H25BrCl2N2O6/c1-2-42-29-17-22(16-28(36)30(29)44-19-20-3-7-23(34)8-4-20)15-27-31(39)37-33(41)38(32(27)40)25-11-13-26(14-12-25)43-18-21-5-9-24(35)10-6-21/h3-17H,2,18-19H2,1H3,(H,37,39,41)/b27-15+. The molecule has 1 aliphatic heterocycles. The van der Waals surface area contributed by atoms with E-state index < -0.39 is 17.8 Å². The molecular weight excluding hydrogens is 671 g/mol. The van der Waals surface area contributed by atoms with Crippen molar-refractivity contribution in [1.29, 1.82) is 0 Å². The zero-order valence-electron chi connectivity index (χ0n) is 23.3. The summed E-state index contributed by atoms with van der Waals surface area (Å²) in [5.41, 5.74) is 2.26. The van der Waals surface area contributed by atoms with E-state index in [-0.39, 0.29) is 22.9 Å². The van der Waals surface area contributed by atoms with Crippen molar-refractivity contribution in [2.24, 2.45) is 0 Å². The topological polar surface area (TPSA) is 94.2 Å². The van der Waals surface area contributed by atoms with Gasteiger partial charge in [0.15, 0.2) is 11.5 Å². The predicted molar refractivity (Wildman–Crippen MR) is 172 cm³/mol. The Morgan fingerprint density at radius 2 is 1.45 bits per heavy atom. The predicted octanol–water partition coefficient (Wildman–Crippen LogP) is 7.98. The normalized spacial score (nSPS) is 14.0. The van der Waals surface area contributed by atoms with Crippen molar-refractivity contribution in [1.82, 2.24) is 5.32 Å². The Hall–Kier alpha value is -4.31. The van der Waals surface area contributed by atoms with E-state index in [1.165, 1.54) is 6.08 Å². The van der Waals surface area contributed by atoms with Crippen LogP contribution in [0.4, 0.5) is 10.5 Å². The third kappa shape index (κ3) is 7.42. The third-order valence-electron chi connectivity index (χ3n) is 6.45. The maximum absolute atomic E-state index is 13.5. The lowest BCUT2D eigenvalue weighted by Crippen LogP contribution is -2.54. The van der Waals surface area contributed by atoms with Crippen LogP contribution in [-0.4, -0.2) is 24.5 Å². The highest BCUT2D eigenvalue weighted by atomic mass is 79.9. The molecule has 44 heavy (non-hydrogen) atoms. The number of barbiturate groups is 1. The number of amides is 4. The lowest BCUT2D eigenvalue weighted by molar-refractivity contribution is -0.122. The molecule has 0 spiro atoms. The molecule has 0 radical (unpaired) electrons. The molecule has 1 N–H and O–H groups in total. The van der Waals surface area contributed by atoms with Crippen molar-refractivity contribution in [3.05, 3.63) is 122 Å². The first-order valence-electron chi connectivity index (χ1n) is 13.4. The molecule has 8 nitrogen and oxygen atoms in total. The van der Waals surface area contributed by atoms with Crippen LogP contribution >= 0.6 is 39.1 Å². The number of benzene rings is 4. The van der Waals surface area contributed by atoms with Crippen molar-refractivity contribution in [2.75, 3.05) is 11.5 Å². The number of rotatable bonds is 10. The van der Waals surface area contributed by atoms with Crippen LogP contribution in [0.3, 0.4) is 0 Å². The molecule has 0 aliphatic carbocycles. The Morgan fingerprint density at radius 3 is 2.11 bits per heavy atom. The van der Waals surface area contributed by atoms with Gasteiger partial charge in [-0.2, -0.15) is 0 Å². The number of hydrogen-bond acceptors (Lipinski definition) is 6. The summed E-state index contributed by atoms with van der Waals surface area (Å²) in [6.07, 6.45) is 1.35.